The number of hydrogen-bond acceptors (Lipinski definition) is 5. The van der Waals surface area contributed by atoms with Crippen molar-refractivity contribution in [3.63, 3.8) is 0 Å². The van der Waals surface area contributed by atoms with Gasteiger partial charge in [0.2, 0.25) is 0 Å². The number of aliphatic carboxylic acids is 1. The number of urea groups is 1. The lowest BCUT2D eigenvalue weighted by Crippen LogP contribution is -2.42. The Hall–Kier alpha value is -4.70. The third-order valence-electron chi connectivity index (χ3n) is 6.18. The number of anilines is 2. The number of aromatic amines is 1. The Morgan fingerprint density at radius 1 is 1.00 bits per heavy atom. The molecule has 202 valence electrons. The molecule has 10 nitrogen and oxygen atoms in total. The first kappa shape index (κ1) is 27.3. The zero-order chi connectivity index (χ0) is 28.1. The smallest absolute Gasteiger partial charge is 0.326 e. The fourth-order valence-electron chi connectivity index (χ4n) is 4.18. The second kappa shape index (κ2) is 11.8. The van der Waals surface area contributed by atoms with E-state index < -0.39 is 23.9 Å². The van der Waals surface area contributed by atoms with E-state index in [1.807, 2.05) is 24.3 Å². The first-order chi connectivity index (χ1) is 18.7. The van der Waals surface area contributed by atoms with Crippen LogP contribution in [0, 0.1) is 6.92 Å². The highest BCUT2D eigenvalue weighted by Crippen LogP contribution is 2.34. The molecule has 3 aromatic carbocycles. The van der Waals surface area contributed by atoms with Crippen molar-refractivity contribution in [3.8, 4) is 11.5 Å². The molecule has 0 fully saturated rings. The van der Waals surface area contributed by atoms with Gasteiger partial charge in [0.1, 0.15) is 6.04 Å². The Balaban J connectivity index is 1.62. The van der Waals surface area contributed by atoms with Gasteiger partial charge in [0.25, 0.3) is 5.91 Å². The number of rotatable bonds is 9. The van der Waals surface area contributed by atoms with Crippen molar-refractivity contribution in [1.29, 1.82) is 0 Å². The van der Waals surface area contributed by atoms with Crippen LogP contribution in [0.4, 0.5) is 16.2 Å². The van der Waals surface area contributed by atoms with Crippen molar-refractivity contribution >= 4 is 51.8 Å². The molecule has 0 spiro atoms. The zero-order valence-electron chi connectivity index (χ0n) is 21.4. The maximum Gasteiger partial charge on any atom is 0.326 e. The molecule has 11 heteroatoms. The van der Waals surface area contributed by atoms with E-state index in [9.17, 15) is 19.5 Å². The average Bonchev–Trinajstić information content (AvgIpc) is 3.32. The zero-order valence-corrected chi connectivity index (χ0v) is 22.2. The van der Waals surface area contributed by atoms with Crippen molar-refractivity contribution in [1.82, 2.24) is 10.3 Å². The molecule has 0 unspecified atom stereocenters. The largest absolute Gasteiger partial charge is 0.493 e. The molecule has 0 saturated carbocycles. The van der Waals surface area contributed by atoms with Gasteiger partial charge in [-0.15, -0.1) is 0 Å². The number of fused-ring (bicyclic) bond motifs is 1. The number of ether oxygens (including phenoxy) is 2. The summed E-state index contributed by atoms with van der Waals surface area (Å²) < 4.78 is 10.7. The van der Waals surface area contributed by atoms with Crippen LogP contribution in [0.25, 0.3) is 10.9 Å². The highest BCUT2D eigenvalue weighted by molar-refractivity contribution is 6.34. The van der Waals surface area contributed by atoms with E-state index in [0.717, 1.165) is 22.0 Å². The third kappa shape index (κ3) is 6.07. The number of carbonyl (C=O) groups excluding carboxylic acids is 2. The lowest BCUT2D eigenvalue weighted by Gasteiger charge is -2.19. The van der Waals surface area contributed by atoms with E-state index in [1.54, 1.807) is 31.3 Å². The average molecular weight is 551 g/mol. The van der Waals surface area contributed by atoms with Gasteiger partial charge in [-0.3, -0.25) is 4.79 Å². The van der Waals surface area contributed by atoms with Gasteiger partial charge in [-0.25, -0.2) is 9.59 Å². The maximum absolute atomic E-state index is 13.4. The van der Waals surface area contributed by atoms with Crippen LogP contribution < -0.4 is 25.4 Å². The molecule has 39 heavy (non-hydrogen) atoms. The SMILES string of the molecule is COc1cc(NC(=O)Nc2c(C)cccc2Cl)c(C(=O)N[C@@H](Cc2c[nH]c3ccccc23)C(=O)O)cc1OC. The number of carboxylic acids is 1. The van der Waals surface area contributed by atoms with Crippen LogP contribution in [0.1, 0.15) is 21.5 Å². The van der Waals surface area contributed by atoms with E-state index in [4.69, 9.17) is 21.1 Å². The summed E-state index contributed by atoms with van der Waals surface area (Å²) in [5.41, 5.74) is 2.79. The minimum Gasteiger partial charge on any atom is -0.493 e. The molecular formula is C28H27ClN4O6. The highest BCUT2D eigenvalue weighted by Gasteiger charge is 2.26. The summed E-state index contributed by atoms with van der Waals surface area (Å²) in [4.78, 5) is 41.5. The second-order valence-electron chi connectivity index (χ2n) is 8.69. The number of carbonyl (C=O) groups is 3. The van der Waals surface area contributed by atoms with Gasteiger partial charge >= 0.3 is 12.0 Å². The van der Waals surface area contributed by atoms with Gasteiger partial charge in [-0.2, -0.15) is 0 Å². The molecular weight excluding hydrogens is 524 g/mol. The second-order valence-corrected chi connectivity index (χ2v) is 9.10. The van der Waals surface area contributed by atoms with Crippen LogP contribution >= 0.6 is 11.6 Å². The van der Waals surface area contributed by atoms with E-state index in [2.05, 4.69) is 20.9 Å². The first-order valence-electron chi connectivity index (χ1n) is 11.9. The molecule has 5 N–H and O–H groups in total. The van der Waals surface area contributed by atoms with E-state index >= 15 is 0 Å². The summed E-state index contributed by atoms with van der Waals surface area (Å²) in [6.45, 7) is 1.79. The Morgan fingerprint density at radius 2 is 1.72 bits per heavy atom. The Kier molecular flexibility index (Phi) is 8.26. The summed E-state index contributed by atoms with van der Waals surface area (Å²) in [5.74, 6) is -1.46. The van der Waals surface area contributed by atoms with Crippen molar-refractivity contribution in [2.24, 2.45) is 0 Å². The van der Waals surface area contributed by atoms with Crippen LogP contribution in [0.5, 0.6) is 11.5 Å². The maximum atomic E-state index is 13.4. The number of methoxy groups -OCH3 is 2. The van der Waals surface area contributed by atoms with Crippen LogP contribution in [0.15, 0.2) is 60.8 Å². The molecule has 0 radical (unpaired) electrons. The van der Waals surface area contributed by atoms with Gasteiger partial charge in [0.15, 0.2) is 11.5 Å². The molecule has 1 aromatic heterocycles. The van der Waals surface area contributed by atoms with Gasteiger partial charge in [0, 0.05) is 29.6 Å². The number of halogens is 1. The molecule has 4 aromatic rings. The predicted octanol–water partition coefficient (Wildman–Crippen LogP) is 5.22. The summed E-state index contributed by atoms with van der Waals surface area (Å²) in [6.07, 6.45) is 1.75. The van der Waals surface area contributed by atoms with Crippen molar-refractivity contribution in [2.45, 2.75) is 19.4 Å². The van der Waals surface area contributed by atoms with Crippen LogP contribution in [0.3, 0.4) is 0 Å². The summed E-state index contributed by atoms with van der Waals surface area (Å²) in [6, 6.07) is 13.5. The first-order valence-corrected chi connectivity index (χ1v) is 12.3. The summed E-state index contributed by atoms with van der Waals surface area (Å²) in [7, 11) is 2.81. The molecule has 0 bridgehead atoms. The van der Waals surface area contributed by atoms with E-state index in [0.29, 0.717) is 10.7 Å². The Morgan fingerprint density at radius 3 is 2.41 bits per heavy atom. The predicted molar refractivity (Wildman–Crippen MR) is 149 cm³/mol. The molecule has 4 rings (SSSR count). The molecule has 0 saturated heterocycles. The highest BCUT2D eigenvalue weighted by atomic mass is 35.5. The molecule has 3 amide bonds. The Labute approximate surface area is 229 Å². The quantitative estimate of drug-likeness (QED) is 0.193. The number of hydrogen-bond donors (Lipinski definition) is 5. The number of benzene rings is 3. The van der Waals surface area contributed by atoms with E-state index in [-0.39, 0.29) is 29.2 Å². The molecule has 1 atom stereocenters. The van der Waals surface area contributed by atoms with Gasteiger partial charge in [-0.05, 0) is 36.2 Å². The monoisotopic (exact) mass is 550 g/mol. The van der Waals surface area contributed by atoms with E-state index in [1.165, 1.54) is 26.4 Å². The third-order valence-corrected chi connectivity index (χ3v) is 6.49. The van der Waals surface area contributed by atoms with Gasteiger partial charge in [-0.1, -0.05) is 41.9 Å². The minimum atomic E-state index is -1.25. The molecule has 0 aliphatic carbocycles. The fraction of sp³-hybridized carbons (Fsp3) is 0.179. The number of nitrogens with one attached hydrogen (secondary N) is 4. The lowest BCUT2D eigenvalue weighted by atomic mass is 10.0. The lowest BCUT2D eigenvalue weighted by molar-refractivity contribution is -0.139. The molecule has 1 heterocycles. The number of carboxylic acid groups (broad SMARTS) is 1. The molecule has 0 aliphatic rings. The van der Waals surface area contributed by atoms with Crippen molar-refractivity contribution in [3.05, 3.63) is 82.5 Å². The topological polar surface area (TPSA) is 142 Å². The van der Waals surface area contributed by atoms with Crippen LogP contribution in [-0.4, -0.2) is 48.3 Å². The Bertz CT molecular complexity index is 1530. The number of aromatic nitrogens is 1. The number of aryl methyl sites for hydroxylation is 1. The van der Waals surface area contributed by atoms with Gasteiger partial charge < -0.3 is 35.5 Å². The minimum absolute atomic E-state index is 0.0242. The molecule has 0 aliphatic heterocycles. The number of para-hydroxylation sites is 2. The van der Waals surface area contributed by atoms with Gasteiger partial charge in [0.05, 0.1) is 36.2 Å². The van der Waals surface area contributed by atoms with Crippen LogP contribution in [-0.2, 0) is 11.2 Å². The standard InChI is InChI=1S/C28H27ClN4O6/c1-15-7-6-9-19(29)25(15)33-28(37)32-21-13-24(39-3)23(38-2)12-18(21)26(34)31-22(27(35)36)11-16-14-30-20-10-5-4-8-17(16)20/h4-10,12-14,22,30H,11H2,1-3H3,(H,31,34)(H,35,36)(H2,32,33,37)/t22-/m0/s1. The van der Waals surface area contributed by atoms with Crippen LogP contribution in [0.2, 0.25) is 5.02 Å². The number of amides is 3. The number of H-pyrrole nitrogens is 1. The van der Waals surface area contributed by atoms with Crippen molar-refractivity contribution < 1.29 is 29.0 Å². The summed E-state index contributed by atoms with van der Waals surface area (Å²) in [5, 5.41) is 19.0. The van der Waals surface area contributed by atoms with Crippen molar-refractivity contribution in [2.75, 3.05) is 24.9 Å². The fourth-order valence-corrected chi connectivity index (χ4v) is 4.45. The normalized spacial score (nSPS) is 11.5. The summed E-state index contributed by atoms with van der Waals surface area (Å²) >= 11 is 6.23.